The van der Waals surface area contributed by atoms with Crippen molar-refractivity contribution in [3.8, 4) is 28.7 Å². The summed E-state index contributed by atoms with van der Waals surface area (Å²) in [7, 11) is 4.80. The number of nitrogens with zero attached hydrogens (tertiary/aromatic N) is 1. The van der Waals surface area contributed by atoms with Crippen LogP contribution in [0.3, 0.4) is 0 Å². The molecule has 0 unspecified atom stereocenters. The average molecular weight is 836 g/mol. The molecule has 1 aromatic heterocycles. The van der Waals surface area contributed by atoms with Gasteiger partial charge < -0.3 is 45.3 Å². The summed E-state index contributed by atoms with van der Waals surface area (Å²) in [5.41, 5.74) is 5.08. The summed E-state index contributed by atoms with van der Waals surface area (Å²) in [6.45, 7) is 2.54. The van der Waals surface area contributed by atoms with Crippen molar-refractivity contribution >= 4 is 16.6 Å². The van der Waals surface area contributed by atoms with Crippen LogP contribution >= 0.6 is 0 Å². The summed E-state index contributed by atoms with van der Waals surface area (Å²) in [5, 5.41) is 63.5. The highest BCUT2D eigenvalue weighted by Gasteiger charge is 2.55. The lowest BCUT2D eigenvalue weighted by atomic mass is 9.57. The minimum Gasteiger partial charge on any atom is -0.670 e. The minimum atomic E-state index is -1.59. The fraction of sp³-hybridized carbons (Fsp3) is 0.327. The third-order valence-corrected chi connectivity index (χ3v) is 13.4. The summed E-state index contributed by atoms with van der Waals surface area (Å²) in [5.74, 6) is -2.08. The molecule has 1 saturated carbocycles. The molecule has 62 heavy (non-hydrogen) atoms. The molecular formula is C52H55N2O8-. The Morgan fingerprint density at radius 3 is 2.40 bits per heavy atom. The van der Waals surface area contributed by atoms with E-state index in [1.807, 2.05) is 30.3 Å². The number of phenolic OH excluding ortho intramolecular Hbond substituents is 3. The standard InChI is InChI=1S/C52H55N2O8/c1-5-33-11-12-34-8-6-7-9-37(34)47(33)40-14-13-38(39-15-18-44(57)50(62-4)48(39)40)42(24-31-20-21-54-29-31)49(59)41-16-19-46(58)52(51(41)60,27-30-10-17-43(56)45(25-30)61-3)35-22-32(28-53-2)23-36(55)26-35/h6-15,17-18,20-23,25-26,29,38,40-42,46,49,53,55-59H,5,16,19,24,27-28H2,1-4H3/q-1/t38-,40+,41-,42+,46-,49-,52-/m1/s1. The lowest BCUT2D eigenvalue weighted by Crippen LogP contribution is -2.57. The quantitative estimate of drug-likeness (QED) is 0.0599. The molecule has 322 valence electrons. The molecule has 10 heteroatoms. The van der Waals surface area contributed by atoms with Gasteiger partial charge in [-0.15, -0.1) is 0 Å². The van der Waals surface area contributed by atoms with Crippen molar-refractivity contribution in [2.24, 2.45) is 11.8 Å². The van der Waals surface area contributed by atoms with Crippen molar-refractivity contribution in [1.29, 1.82) is 0 Å². The molecule has 0 radical (unpaired) electrons. The molecule has 6 aromatic rings. The molecule has 0 bridgehead atoms. The molecule has 0 aliphatic heterocycles. The number of aliphatic hydroxyl groups excluding tert-OH is 2. The Hall–Kier alpha value is -6.07. The van der Waals surface area contributed by atoms with Gasteiger partial charge in [-0.3, -0.25) is 4.79 Å². The third-order valence-electron chi connectivity index (χ3n) is 13.4. The number of ketones is 1. The summed E-state index contributed by atoms with van der Waals surface area (Å²) >= 11 is 0. The van der Waals surface area contributed by atoms with Gasteiger partial charge in [-0.2, -0.15) is 12.4 Å². The van der Waals surface area contributed by atoms with E-state index in [0.717, 1.165) is 45.0 Å². The van der Waals surface area contributed by atoms with Crippen LogP contribution in [0.15, 0.2) is 116 Å². The number of fused-ring (bicyclic) bond motifs is 2. The second kappa shape index (κ2) is 17.7. The first kappa shape index (κ1) is 42.6. The van der Waals surface area contributed by atoms with E-state index >= 15 is 4.79 Å². The van der Waals surface area contributed by atoms with Gasteiger partial charge in [0, 0.05) is 29.9 Å². The number of allylic oxidation sites excluding steroid dienone is 2. The van der Waals surface area contributed by atoms with Crippen molar-refractivity contribution in [2.75, 3.05) is 21.3 Å². The van der Waals surface area contributed by atoms with E-state index < -0.39 is 35.4 Å². The van der Waals surface area contributed by atoms with Gasteiger partial charge in [0.25, 0.3) is 0 Å². The van der Waals surface area contributed by atoms with E-state index in [0.29, 0.717) is 29.8 Å². The molecule has 0 saturated heterocycles. The van der Waals surface area contributed by atoms with Crippen molar-refractivity contribution in [3.05, 3.63) is 160 Å². The second-order valence-electron chi connectivity index (χ2n) is 16.9. The number of benzene rings is 5. The van der Waals surface area contributed by atoms with Gasteiger partial charge in [-0.05, 0) is 120 Å². The summed E-state index contributed by atoms with van der Waals surface area (Å²) in [6.07, 6.45) is 7.03. The van der Waals surface area contributed by atoms with E-state index in [2.05, 4.69) is 53.6 Å². The maximum Gasteiger partial charge on any atom is 0.164 e. The summed E-state index contributed by atoms with van der Waals surface area (Å²) in [6, 6.07) is 27.9. The Morgan fingerprint density at radius 1 is 0.855 bits per heavy atom. The SMILES string of the molecule is CCc1ccc2ccccc2c1[C@@H]1C=C[C@@H]([C@H](Cc2cc[n-]c2)[C@H](O)[C@H]2CC[C@@H](O)[C@@](Cc3ccc(O)c(OC)c3)(c3cc(O)cc(CNC)c3)C2=O)c2ccc(O)c(OC)c21. The van der Waals surface area contributed by atoms with Crippen molar-refractivity contribution in [2.45, 2.75) is 75.0 Å². The molecule has 7 atom stereocenters. The van der Waals surface area contributed by atoms with Gasteiger partial charge in [0.1, 0.15) is 5.75 Å². The summed E-state index contributed by atoms with van der Waals surface area (Å²) in [4.78, 5) is 20.1. The fourth-order valence-corrected chi connectivity index (χ4v) is 10.5. The number of Topliss-reactive ketones (excluding diaryl/α,β-unsaturated/α-hetero) is 1. The Labute approximate surface area is 362 Å². The zero-order valence-electron chi connectivity index (χ0n) is 35.6. The third kappa shape index (κ3) is 7.61. The number of aromatic hydroxyl groups is 3. The van der Waals surface area contributed by atoms with Crippen LogP contribution in [-0.4, -0.2) is 64.8 Å². The fourth-order valence-electron chi connectivity index (χ4n) is 10.5. The maximum absolute atomic E-state index is 15.7. The van der Waals surface area contributed by atoms with Crippen molar-refractivity contribution in [3.63, 3.8) is 0 Å². The first-order valence-corrected chi connectivity index (χ1v) is 21.4. The predicted octanol–water partition coefficient (Wildman–Crippen LogP) is 7.74. The van der Waals surface area contributed by atoms with Crippen LogP contribution in [0, 0.1) is 11.8 Å². The number of rotatable bonds is 14. The Balaban J connectivity index is 1.27. The second-order valence-corrected chi connectivity index (χ2v) is 16.9. The smallest absolute Gasteiger partial charge is 0.164 e. The number of methoxy groups -OCH3 is 2. The van der Waals surface area contributed by atoms with E-state index in [4.69, 9.17) is 9.47 Å². The summed E-state index contributed by atoms with van der Waals surface area (Å²) < 4.78 is 11.5. The zero-order valence-corrected chi connectivity index (χ0v) is 35.6. The van der Waals surface area contributed by atoms with E-state index in [9.17, 15) is 25.5 Å². The van der Waals surface area contributed by atoms with Crippen LogP contribution in [0.1, 0.15) is 76.1 Å². The lowest BCUT2D eigenvalue weighted by Gasteiger charge is -2.47. The van der Waals surface area contributed by atoms with E-state index in [1.54, 1.807) is 50.8 Å². The van der Waals surface area contributed by atoms with E-state index in [1.165, 1.54) is 24.8 Å². The van der Waals surface area contributed by atoms with Crippen LogP contribution < -0.4 is 19.8 Å². The first-order chi connectivity index (χ1) is 30.0. The molecule has 1 fully saturated rings. The van der Waals surface area contributed by atoms with Gasteiger partial charge in [-0.1, -0.05) is 85.3 Å². The van der Waals surface area contributed by atoms with Crippen molar-refractivity contribution < 1.29 is 39.8 Å². The number of aryl methyl sites for hydroxylation is 1. The number of carbonyl (C=O) groups is 1. The topological polar surface area (TPSA) is 163 Å². The zero-order chi connectivity index (χ0) is 43.7. The number of aliphatic hydroxyl groups is 2. The number of hydrogen-bond donors (Lipinski definition) is 6. The highest BCUT2D eigenvalue weighted by Crippen LogP contribution is 2.53. The van der Waals surface area contributed by atoms with Gasteiger partial charge in [0.2, 0.25) is 0 Å². The number of aromatic nitrogens is 1. The molecule has 5 aromatic carbocycles. The van der Waals surface area contributed by atoms with Crippen LogP contribution in [0.2, 0.25) is 0 Å². The molecule has 0 spiro atoms. The molecule has 8 rings (SSSR count). The minimum absolute atomic E-state index is 0.0109. The Morgan fingerprint density at radius 2 is 1.66 bits per heavy atom. The van der Waals surface area contributed by atoms with Crippen LogP contribution in [0.5, 0.6) is 28.7 Å². The maximum atomic E-state index is 15.7. The Bertz CT molecular complexity index is 2600. The highest BCUT2D eigenvalue weighted by molar-refractivity contribution is 5.95. The molecule has 1 heterocycles. The molecular weight excluding hydrogens is 781 g/mol. The molecule has 2 aliphatic carbocycles. The number of carbonyl (C=O) groups excluding carboxylic acids is 1. The highest BCUT2D eigenvalue weighted by atomic mass is 16.5. The molecule has 0 amide bonds. The molecule has 2 aliphatic rings. The first-order valence-electron chi connectivity index (χ1n) is 21.4. The van der Waals surface area contributed by atoms with E-state index in [-0.39, 0.29) is 54.0 Å². The van der Waals surface area contributed by atoms with Crippen molar-refractivity contribution in [1.82, 2.24) is 10.3 Å². The normalized spacial score (nSPS) is 22.0. The van der Waals surface area contributed by atoms with Gasteiger partial charge >= 0.3 is 0 Å². The lowest BCUT2D eigenvalue weighted by molar-refractivity contribution is -0.144. The number of nitrogens with one attached hydrogen (secondary N) is 1. The van der Waals surface area contributed by atoms with Crippen LogP contribution in [0.25, 0.3) is 10.8 Å². The molecule has 6 N–H and O–H groups in total. The number of phenols is 3. The largest absolute Gasteiger partial charge is 0.670 e. The van der Waals surface area contributed by atoms with Gasteiger partial charge in [0.15, 0.2) is 28.8 Å². The Kier molecular flexibility index (Phi) is 12.2. The monoisotopic (exact) mass is 835 g/mol. The molecule has 10 nitrogen and oxygen atoms in total. The van der Waals surface area contributed by atoms with Gasteiger partial charge in [-0.25, -0.2) is 0 Å². The van der Waals surface area contributed by atoms with Crippen LogP contribution in [0.4, 0.5) is 0 Å². The number of ether oxygens (including phenoxy) is 2. The van der Waals surface area contributed by atoms with Gasteiger partial charge in [0.05, 0.1) is 31.8 Å². The van der Waals surface area contributed by atoms with Crippen LogP contribution in [-0.2, 0) is 36.0 Å². The predicted molar refractivity (Wildman–Crippen MR) is 239 cm³/mol. The number of hydrogen-bond acceptors (Lipinski definition) is 9. The average Bonchev–Trinajstić information content (AvgIpc) is 3.80.